The Balaban J connectivity index is 0. The fourth-order valence-corrected chi connectivity index (χ4v) is 0.267. The molecule has 0 saturated heterocycles. The Morgan fingerprint density at radius 1 is 1.44 bits per heavy atom. The van der Waals surface area contributed by atoms with Crippen LogP contribution in [0.1, 0.15) is 27.1 Å². The molecule has 0 spiro atoms. The minimum absolute atomic E-state index is 0. The predicted octanol–water partition coefficient (Wildman–Crippen LogP) is 1.78. The van der Waals surface area contributed by atoms with E-state index in [1.54, 1.807) is 0 Å². The normalized spacial score (nSPS) is 6.56. The van der Waals surface area contributed by atoms with Gasteiger partial charge in [0.2, 0.25) is 0 Å². The van der Waals surface area contributed by atoms with Gasteiger partial charge in [-0.15, -0.1) is 0 Å². The van der Waals surface area contributed by atoms with Crippen molar-refractivity contribution in [2.45, 2.75) is 28.2 Å². The van der Waals surface area contributed by atoms with Crippen molar-refractivity contribution in [3.05, 3.63) is 12.2 Å². The van der Waals surface area contributed by atoms with Gasteiger partial charge in [0.05, 0.1) is 0 Å². The zero-order valence-electron chi connectivity index (χ0n) is 5.47. The molecule has 0 radical (unpaired) electrons. The van der Waals surface area contributed by atoms with Crippen LogP contribution in [0.15, 0.2) is 6.33 Å². The molecule has 0 aliphatic heterocycles. The molecule has 1 heterocycles. The van der Waals surface area contributed by atoms with Crippen LogP contribution in [0.3, 0.4) is 0 Å². The lowest BCUT2D eigenvalue weighted by Gasteiger charge is -1.66. The van der Waals surface area contributed by atoms with Crippen LogP contribution in [-0.2, 0) is 0 Å². The molecule has 0 aliphatic rings. The smallest absolute Gasteiger partial charge is 0.137 e. The molecular weight excluding hydrogens is 114 g/mol. The average molecular weight is 129 g/mol. The minimum Gasteiger partial charge on any atom is -0.264 e. The third kappa shape index (κ3) is 5.00. The third-order valence-electron chi connectivity index (χ3n) is 0.535. The second-order valence-electron chi connectivity index (χ2n) is 1.07. The van der Waals surface area contributed by atoms with E-state index in [4.69, 9.17) is 0 Å². The Morgan fingerprint density at radius 3 is 2.11 bits per heavy atom. The van der Waals surface area contributed by atoms with E-state index in [0.717, 1.165) is 5.82 Å². The zero-order valence-corrected chi connectivity index (χ0v) is 5.47. The van der Waals surface area contributed by atoms with Gasteiger partial charge in [0.15, 0.2) is 0 Å². The third-order valence-corrected chi connectivity index (χ3v) is 0.535. The standard InChI is InChI=1S/C3H5N3.C2H6.CH4/c1-3-4-2-5-6-3;1-2;/h2H,1H3,(H,4,5,6);1-2H3;1H4. The van der Waals surface area contributed by atoms with Gasteiger partial charge < -0.3 is 0 Å². The Morgan fingerprint density at radius 2 is 2.00 bits per heavy atom. The van der Waals surface area contributed by atoms with Crippen LogP contribution in [0.5, 0.6) is 0 Å². The minimum atomic E-state index is 0. The Bertz CT molecular complexity index is 112. The summed E-state index contributed by atoms with van der Waals surface area (Å²) in [5.41, 5.74) is 0. The molecule has 1 rings (SSSR count). The molecule has 0 atom stereocenters. The molecule has 1 aromatic heterocycles. The van der Waals surface area contributed by atoms with Gasteiger partial charge >= 0.3 is 0 Å². The number of H-pyrrole nitrogens is 1. The molecule has 0 fully saturated rings. The molecule has 0 amide bonds. The van der Waals surface area contributed by atoms with Crippen LogP contribution in [0.25, 0.3) is 0 Å². The van der Waals surface area contributed by atoms with Crippen LogP contribution in [-0.4, -0.2) is 15.2 Å². The van der Waals surface area contributed by atoms with Crippen LogP contribution >= 0.6 is 0 Å². The number of aromatic amines is 1. The second-order valence-corrected chi connectivity index (χ2v) is 1.07. The van der Waals surface area contributed by atoms with Crippen molar-refractivity contribution in [1.29, 1.82) is 0 Å². The zero-order chi connectivity index (χ0) is 6.41. The topological polar surface area (TPSA) is 41.6 Å². The molecule has 3 heteroatoms. The van der Waals surface area contributed by atoms with E-state index in [1.807, 2.05) is 20.8 Å². The van der Waals surface area contributed by atoms with Crippen molar-refractivity contribution >= 4 is 0 Å². The first-order chi connectivity index (χ1) is 3.89. The largest absolute Gasteiger partial charge is 0.264 e. The molecule has 1 aromatic rings. The summed E-state index contributed by atoms with van der Waals surface area (Å²) < 4.78 is 0. The van der Waals surface area contributed by atoms with Crippen molar-refractivity contribution < 1.29 is 0 Å². The number of nitrogens with zero attached hydrogens (tertiary/aromatic N) is 2. The molecule has 9 heavy (non-hydrogen) atoms. The summed E-state index contributed by atoms with van der Waals surface area (Å²) in [5, 5.41) is 6.22. The van der Waals surface area contributed by atoms with E-state index in [1.165, 1.54) is 6.33 Å². The summed E-state index contributed by atoms with van der Waals surface area (Å²) in [6, 6.07) is 0. The van der Waals surface area contributed by atoms with Gasteiger partial charge in [0.25, 0.3) is 0 Å². The van der Waals surface area contributed by atoms with Crippen molar-refractivity contribution in [2.75, 3.05) is 0 Å². The quantitative estimate of drug-likeness (QED) is 0.580. The fraction of sp³-hybridized carbons (Fsp3) is 0.667. The lowest BCUT2D eigenvalue weighted by atomic mass is 10.8. The van der Waals surface area contributed by atoms with E-state index in [-0.39, 0.29) is 7.43 Å². The molecule has 0 aliphatic carbocycles. The highest BCUT2D eigenvalue weighted by Gasteiger charge is 1.75. The van der Waals surface area contributed by atoms with Gasteiger partial charge in [0.1, 0.15) is 12.2 Å². The van der Waals surface area contributed by atoms with Crippen LogP contribution in [0.2, 0.25) is 0 Å². The highest BCUT2D eigenvalue weighted by atomic mass is 15.2. The van der Waals surface area contributed by atoms with E-state index >= 15 is 0 Å². The first-order valence-corrected chi connectivity index (χ1v) is 2.71. The molecule has 0 bridgehead atoms. The fourth-order valence-electron chi connectivity index (χ4n) is 0.267. The van der Waals surface area contributed by atoms with Gasteiger partial charge in [-0.25, -0.2) is 4.98 Å². The van der Waals surface area contributed by atoms with Gasteiger partial charge in [-0.05, 0) is 6.92 Å². The number of hydrogen-bond acceptors (Lipinski definition) is 2. The monoisotopic (exact) mass is 129 g/mol. The van der Waals surface area contributed by atoms with E-state index in [2.05, 4.69) is 15.2 Å². The summed E-state index contributed by atoms with van der Waals surface area (Å²) in [4.78, 5) is 3.75. The summed E-state index contributed by atoms with van der Waals surface area (Å²) in [6.45, 7) is 5.85. The Labute approximate surface area is 56.5 Å². The second kappa shape index (κ2) is 7.14. The van der Waals surface area contributed by atoms with Gasteiger partial charge in [-0.1, -0.05) is 21.3 Å². The lowest BCUT2D eigenvalue weighted by molar-refractivity contribution is 1.04. The summed E-state index contributed by atoms with van der Waals surface area (Å²) >= 11 is 0. The number of rotatable bonds is 0. The molecule has 54 valence electrons. The van der Waals surface area contributed by atoms with Gasteiger partial charge in [-0.2, -0.15) is 5.10 Å². The summed E-state index contributed by atoms with van der Waals surface area (Å²) in [7, 11) is 0. The lowest BCUT2D eigenvalue weighted by Crippen LogP contribution is -1.68. The first kappa shape index (κ1) is 11.0. The van der Waals surface area contributed by atoms with Crippen molar-refractivity contribution in [1.82, 2.24) is 15.2 Å². The van der Waals surface area contributed by atoms with E-state index in [9.17, 15) is 0 Å². The Kier molecular flexibility index (Phi) is 8.73. The van der Waals surface area contributed by atoms with E-state index in [0.29, 0.717) is 0 Å². The summed E-state index contributed by atoms with van der Waals surface area (Å²) in [5.74, 6) is 0.856. The van der Waals surface area contributed by atoms with Crippen LogP contribution < -0.4 is 0 Å². The van der Waals surface area contributed by atoms with Crippen molar-refractivity contribution in [3.8, 4) is 0 Å². The highest BCUT2D eigenvalue weighted by Crippen LogP contribution is 1.73. The molecule has 0 unspecified atom stereocenters. The summed E-state index contributed by atoms with van der Waals surface area (Å²) in [6.07, 6.45) is 1.48. The maximum Gasteiger partial charge on any atom is 0.137 e. The maximum atomic E-state index is 3.75. The highest BCUT2D eigenvalue weighted by molar-refractivity contribution is 4.70. The van der Waals surface area contributed by atoms with Crippen molar-refractivity contribution in [2.24, 2.45) is 0 Å². The first-order valence-electron chi connectivity index (χ1n) is 2.71. The number of aryl methyl sites for hydroxylation is 1. The van der Waals surface area contributed by atoms with Gasteiger partial charge in [0, 0.05) is 0 Å². The molecule has 0 aromatic carbocycles. The average Bonchev–Trinajstić information content (AvgIpc) is 2.24. The molecule has 0 saturated carbocycles. The van der Waals surface area contributed by atoms with Crippen molar-refractivity contribution in [3.63, 3.8) is 0 Å². The van der Waals surface area contributed by atoms with Gasteiger partial charge in [-0.3, -0.25) is 5.10 Å². The number of nitrogens with one attached hydrogen (secondary N) is 1. The van der Waals surface area contributed by atoms with E-state index < -0.39 is 0 Å². The Hall–Kier alpha value is -0.860. The molecule has 3 nitrogen and oxygen atoms in total. The number of aromatic nitrogens is 3. The van der Waals surface area contributed by atoms with Crippen LogP contribution in [0, 0.1) is 6.92 Å². The maximum absolute atomic E-state index is 3.75. The predicted molar refractivity (Wildman–Crippen MR) is 39.2 cm³/mol. The molecule has 1 N–H and O–H groups in total. The molecular formula is C6H15N3. The number of hydrogen-bond donors (Lipinski definition) is 1. The SMILES string of the molecule is C.CC.Cc1ncn[nH]1. The van der Waals surface area contributed by atoms with Crippen LogP contribution in [0.4, 0.5) is 0 Å².